The Morgan fingerprint density at radius 2 is 2.11 bits per heavy atom. The normalized spacial score (nSPS) is 15.8. The van der Waals surface area contributed by atoms with Crippen LogP contribution >= 0.6 is 15.9 Å². The third-order valence-corrected chi connectivity index (χ3v) is 4.93. The molecule has 0 saturated heterocycles. The van der Waals surface area contributed by atoms with Crippen LogP contribution in [0.1, 0.15) is 25.1 Å². The standard InChI is InChI=1S/C19H20BrN5O2/c1-3-8-27-16-12(20)9-11(10-15(16)26-2)17-23-18(21)24-19-22-13-6-4-5-7-14(13)25(17)19/h4-7,9-10,17H,3,8H2,1-2H3,(H3,21,22,23,24). The lowest BCUT2D eigenvalue weighted by Crippen LogP contribution is -2.31. The molecule has 0 bridgehead atoms. The number of benzene rings is 2. The van der Waals surface area contributed by atoms with Crippen LogP contribution in [0, 0.1) is 0 Å². The van der Waals surface area contributed by atoms with Crippen molar-refractivity contribution in [2.24, 2.45) is 10.7 Å². The molecule has 8 heteroatoms. The number of aliphatic imine (C=N–C) groups is 1. The minimum atomic E-state index is -0.362. The van der Waals surface area contributed by atoms with Gasteiger partial charge in [0, 0.05) is 5.56 Å². The van der Waals surface area contributed by atoms with Gasteiger partial charge < -0.3 is 15.2 Å². The summed E-state index contributed by atoms with van der Waals surface area (Å²) in [6.07, 6.45) is 0.552. The molecule has 0 fully saturated rings. The number of nitrogens with zero attached hydrogens (tertiary/aromatic N) is 3. The monoisotopic (exact) mass is 429 g/mol. The Morgan fingerprint density at radius 3 is 2.89 bits per heavy atom. The number of nitrogens with one attached hydrogen (secondary N) is 1. The fraction of sp³-hybridized carbons (Fsp3) is 0.263. The van der Waals surface area contributed by atoms with Crippen molar-refractivity contribution in [2.75, 3.05) is 19.0 Å². The SMILES string of the molecule is CCCOc1c(Br)cc(C2N=C(N)Nc3nc4ccccc4n32)cc1OC. The molecule has 2 aromatic carbocycles. The molecular formula is C19H20BrN5O2. The van der Waals surface area contributed by atoms with Crippen LogP contribution in [0.25, 0.3) is 11.0 Å². The minimum absolute atomic E-state index is 0.323. The summed E-state index contributed by atoms with van der Waals surface area (Å²) in [5.74, 6) is 2.31. The molecule has 0 aliphatic carbocycles. The number of hydrogen-bond donors (Lipinski definition) is 2. The van der Waals surface area contributed by atoms with Gasteiger partial charge in [0.05, 0.1) is 29.2 Å². The summed E-state index contributed by atoms with van der Waals surface area (Å²) in [6.45, 7) is 2.68. The van der Waals surface area contributed by atoms with Crippen molar-refractivity contribution in [3.63, 3.8) is 0 Å². The Labute approximate surface area is 165 Å². The Morgan fingerprint density at radius 1 is 1.30 bits per heavy atom. The summed E-state index contributed by atoms with van der Waals surface area (Å²) in [5.41, 5.74) is 8.79. The number of anilines is 1. The number of imidazole rings is 1. The van der Waals surface area contributed by atoms with Crippen LogP contribution in [-0.4, -0.2) is 29.2 Å². The number of methoxy groups -OCH3 is 1. The van der Waals surface area contributed by atoms with Gasteiger partial charge in [-0.2, -0.15) is 0 Å². The second-order valence-corrected chi connectivity index (χ2v) is 7.04. The average molecular weight is 430 g/mol. The maximum absolute atomic E-state index is 6.02. The zero-order valence-corrected chi connectivity index (χ0v) is 16.7. The summed E-state index contributed by atoms with van der Waals surface area (Å²) in [7, 11) is 1.63. The highest BCUT2D eigenvalue weighted by atomic mass is 79.9. The predicted molar refractivity (Wildman–Crippen MR) is 110 cm³/mol. The molecule has 1 aliphatic heterocycles. The molecule has 2 heterocycles. The van der Waals surface area contributed by atoms with Crippen LogP contribution in [0.4, 0.5) is 5.95 Å². The Balaban J connectivity index is 1.86. The number of nitrogens with two attached hydrogens (primary N) is 1. The first-order chi connectivity index (χ1) is 13.1. The van der Waals surface area contributed by atoms with Crippen molar-refractivity contribution in [3.8, 4) is 11.5 Å². The maximum atomic E-state index is 6.02. The molecule has 0 radical (unpaired) electrons. The zero-order chi connectivity index (χ0) is 19.0. The number of hydrogen-bond acceptors (Lipinski definition) is 6. The van der Waals surface area contributed by atoms with E-state index >= 15 is 0 Å². The van der Waals surface area contributed by atoms with Gasteiger partial charge in [-0.15, -0.1) is 0 Å². The summed E-state index contributed by atoms with van der Waals surface area (Å²) < 4.78 is 14.2. The molecule has 7 nitrogen and oxygen atoms in total. The fourth-order valence-corrected chi connectivity index (χ4v) is 3.75. The van der Waals surface area contributed by atoms with E-state index in [0.29, 0.717) is 30.0 Å². The van der Waals surface area contributed by atoms with Crippen molar-refractivity contribution in [1.29, 1.82) is 0 Å². The Kier molecular flexibility index (Phi) is 4.65. The van der Waals surface area contributed by atoms with Gasteiger partial charge in [0.1, 0.15) is 0 Å². The third-order valence-electron chi connectivity index (χ3n) is 4.34. The van der Waals surface area contributed by atoms with E-state index in [1.807, 2.05) is 41.0 Å². The van der Waals surface area contributed by atoms with E-state index in [9.17, 15) is 0 Å². The van der Waals surface area contributed by atoms with E-state index in [2.05, 4.69) is 38.1 Å². The van der Waals surface area contributed by atoms with Gasteiger partial charge in [-0.3, -0.25) is 9.88 Å². The molecule has 4 rings (SSSR count). The van der Waals surface area contributed by atoms with E-state index < -0.39 is 0 Å². The van der Waals surface area contributed by atoms with Crippen molar-refractivity contribution in [3.05, 3.63) is 46.4 Å². The van der Waals surface area contributed by atoms with E-state index in [4.69, 9.17) is 15.2 Å². The van der Waals surface area contributed by atoms with Crippen molar-refractivity contribution in [1.82, 2.24) is 9.55 Å². The Bertz CT molecular complexity index is 1030. The van der Waals surface area contributed by atoms with Crippen molar-refractivity contribution in [2.45, 2.75) is 19.5 Å². The summed E-state index contributed by atoms with van der Waals surface area (Å²) in [6, 6.07) is 11.8. The van der Waals surface area contributed by atoms with Crippen molar-refractivity contribution >= 4 is 38.9 Å². The van der Waals surface area contributed by atoms with Crippen LogP contribution in [0.2, 0.25) is 0 Å². The Hall–Kier alpha value is -2.74. The highest BCUT2D eigenvalue weighted by Crippen LogP contribution is 2.41. The van der Waals surface area contributed by atoms with Crippen molar-refractivity contribution < 1.29 is 9.47 Å². The second-order valence-electron chi connectivity index (χ2n) is 6.19. The average Bonchev–Trinajstić information content (AvgIpc) is 3.03. The first kappa shape index (κ1) is 17.7. The van der Waals surface area contributed by atoms with E-state index in [1.54, 1.807) is 7.11 Å². The number of rotatable bonds is 5. The lowest BCUT2D eigenvalue weighted by molar-refractivity contribution is 0.292. The number of guanidine groups is 1. The molecule has 1 aliphatic rings. The van der Waals surface area contributed by atoms with Crippen LogP contribution in [0.5, 0.6) is 11.5 Å². The van der Waals surface area contributed by atoms with Crippen LogP contribution in [0.15, 0.2) is 45.9 Å². The summed E-state index contributed by atoms with van der Waals surface area (Å²) in [5, 5.41) is 3.04. The van der Waals surface area contributed by atoms with E-state index in [0.717, 1.165) is 27.5 Å². The minimum Gasteiger partial charge on any atom is -0.493 e. The molecule has 1 atom stereocenters. The molecular weight excluding hydrogens is 410 g/mol. The lowest BCUT2D eigenvalue weighted by Gasteiger charge is -2.25. The maximum Gasteiger partial charge on any atom is 0.212 e. The van der Waals surface area contributed by atoms with Crippen LogP contribution in [0.3, 0.4) is 0 Å². The molecule has 3 aromatic rings. The van der Waals surface area contributed by atoms with Gasteiger partial charge in [-0.25, -0.2) is 9.98 Å². The number of aromatic nitrogens is 2. The van der Waals surface area contributed by atoms with Gasteiger partial charge in [-0.1, -0.05) is 19.1 Å². The molecule has 140 valence electrons. The van der Waals surface area contributed by atoms with Crippen LogP contribution in [-0.2, 0) is 0 Å². The van der Waals surface area contributed by atoms with Gasteiger partial charge in [0.15, 0.2) is 23.6 Å². The highest BCUT2D eigenvalue weighted by Gasteiger charge is 2.26. The highest BCUT2D eigenvalue weighted by molar-refractivity contribution is 9.10. The summed E-state index contributed by atoms with van der Waals surface area (Å²) in [4.78, 5) is 9.24. The molecule has 1 aromatic heterocycles. The number of halogens is 1. The lowest BCUT2D eigenvalue weighted by atomic mass is 10.1. The van der Waals surface area contributed by atoms with Crippen LogP contribution < -0.4 is 20.5 Å². The second kappa shape index (κ2) is 7.11. The topological polar surface area (TPSA) is 86.7 Å². The molecule has 0 saturated carbocycles. The number of ether oxygens (including phenoxy) is 2. The molecule has 3 N–H and O–H groups in total. The zero-order valence-electron chi connectivity index (χ0n) is 15.1. The van der Waals surface area contributed by atoms with Gasteiger partial charge in [-0.05, 0) is 46.6 Å². The van der Waals surface area contributed by atoms with Gasteiger partial charge in [0.25, 0.3) is 0 Å². The van der Waals surface area contributed by atoms with Gasteiger partial charge in [0.2, 0.25) is 5.95 Å². The summed E-state index contributed by atoms with van der Waals surface area (Å²) >= 11 is 3.61. The smallest absolute Gasteiger partial charge is 0.212 e. The molecule has 1 unspecified atom stereocenters. The van der Waals surface area contributed by atoms with E-state index in [-0.39, 0.29) is 6.17 Å². The third kappa shape index (κ3) is 3.10. The largest absolute Gasteiger partial charge is 0.493 e. The number of fused-ring (bicyclic) bond motifs is 3. The fourth-order valence-electron chi connectivity index (χ4n) is 3.17. The first-order valence-electron chi connectivity index (χ1n) is 8.70. The molecule has 27 heavy (non-hydrogen) atoms. The number of para-hydroxylation sites is 2. The molecule has 0 amide bonds. The van der Waals surface area contributed by atoms with Gasteiger partial charge >= 0.3 is 0 Å². The predicted octanol–water partition coefficient (Wildman–Crippen LogP) is 3.88. The first-order valence-corrected chi connectivity index (χ1v) is 9.49. The van der Waals surface area contributed by atoms with E-state index in [1.165, 1.54) is 0 Å². The quantitative estimate of drug-likeness (QED) is 0.642. The molecule has 0 spiro atoms.